The number of carbonyl (C=O) groups excluding carboxylic acids is 1. The number of nitrogens with one attached hydrogen (secondary N) is 2. The minimum absolute atomic E-state index is 0.169. The van der Waals surface area contributed by atoms with Gasteiger partial charge in [0.05, 0.1) is 18.2 Å². The Kier molecular flexibility index (Phi) is 6.01. The van der Waals surface area contributed by atoms with Gasteiger partial charge in [0.15, 0.2) is 10.7 Å². The first-order chi connectivity index (χ1) is 15.0. The maximum atomic E-state index is 12.6. The molecule has 0 spiro atoms. The van der Waals surface area contributed by atoms with Gasteiger partial charge in [-0.05, 0) is 77.0 Å². The molecule has 0 radical (unpaired) electrons. The summed E-state index contributed by atoms with van der Waals surface area (Å²) in [5.74, 6) is 0.685. The zero-order valence-corrected chi connectivity index (χ0v) is 19.1. The smallest absolute Gasteiger partial charge is 0.261 e. The molecule has 0 fully saturated rings. The first-order valence-corrected chi connectivity index (χ1v) is 10.6. The molecule has 6 nitrogen and oxygen atoms in total. The van der Waals surface area contributed by atoms with Crippen molar-refractivity contribution in [2.45, 2.75) is 6.92 Å². The third-order valence-corrected chi connectivity index (χ3v) is 5.53. The number of aromatic nitrogens is 1. The lowest BCUT2D eigenvalue weighted by Crippen LogP contribution is -2.34. The van der Waals surface area contributed by atoms with E-state index in [1.165, 1.54) is 7.11 Å². The molecule has 31 heavy (non-hydrogen) atoms. The molecule has 0 aliphatic rings. The number of benzene rings is 3. The summed E-state index contributed by atoms with van der Waals surface area (Å²) in [5, 5.41) is 5.87. The van der Waals surface area contributed by atoms with Crippen LogP contribution in [0.2, 0.25) is 0 Å². The number of thiocarbonyl (C=S) groups is 1. The summed E-state index contributed by atoms with van der Waals surface area (Å²) >= 11 is 8.83. The number of anilines is 1. The Balaban J connectivity index is 1.51. The number of fused-ring (bicyclic) bond motifs is 1. The lowest BCUT2D eigenvalue weighted by atomic mass is 10.1. The van der Waals surface area contributed by atoms with Crippen LogP contribution < -0.4 is 15.4 Å². The van der Waals surface area contributed by atoms with E-state index in [0.29, 0.717) is 34.0 Å². The summed E-state index contributed by atoms with van der Waals surface area (Å²) in [6.45, 7) is 1.88. The van der Waals surface area contributed by atoms with Gasteiger partial charge < -0.3 is 14.5 Å². The molecule has 0 bridgehead atoms. The van der Waals surface area contributed by atoms with Crippen LogP contribution in [0.15, 0.2) is 69.6 Å². The number of hydrogen-bond acceptors (Lipinski definition) is 5. The number of aryl methyl sites for hydroxylation is 1. The molecule has 0 unspecified atom stereocenters. The van der Waals surface area contributed by atoms with Gasteiger partial charge in [-0.3, -0.25) is 10.1 Å². The minimum atomic E-state index is -0.350. The molecule has 0 aliphatic carbocycles. The highest BCUT2D eigenvalue weighted by molar-refractivity contribution is 9.10. The standard InChI is InChI=1S/C23H18BrN3O3S/c1-13-6-5-8-16(20(13)29-2)21(28)27-23(31)25-14-10-11-19-18(12-14)26-22(30-19)15-7-3-4-9-17(15)24/h3-12H,1-2H3,(H2,25,27,28,31). The van der Waals surface area contributed by atoms with E-state index >= 15 is 0 Å². The predicted octanol–water partition coefficient (Wildman–Crippen LogP) is 5.70. The number of amides is 1. The van der Waals surface area contributed by atoms with Crippen LogP contribution in [-0.4, -0.2) is 23.1 Å². The topological polar surface area (TPSA) is 76.4 Å². The van der Waals surface area contributed by atoms with Crippen molar-refractivity contribution in [3.63, 3.8) is 0 Å². The van der Waals surface area contributed by atoms with Crippen LogP contribution in [0.4, 0.5) is 5.69 Å². The van der Waals surface area contributed by atoms with Gasteiger partial charge in [0, 0.05) is 10.2 Å². The lowest BCUT2D eigenvalue weighted by molar-refractivity contribution is 0.0974. The van der Waals surface area contributed by atoms with Crippen molar-refractivity contribution in [3.8, 4) is 17.2 Å². The molecule has 3 aromatic carbocycles. The molecule has 1 aromatic heterocycles. The quantitative estimate of drug-likeness (QED) is 0.353. The molecular weight excluding hydrogens is 478 g/mol. The average Bonchev–Trinajstić information content (AvgIpc) is 3.16. The van der Waals surface area contributed by atoms with Gasteiger partial charge in [-0.2, -0.15) is 0 Å². The number of rotatable bonds is 4. The van der Waals surface area contributed by atoms with Crippen molar-refractivity contribution in [1.29, 1.82) is 0 Å². The number of methoxy groups -OCH3 is 1. The second kappa shape index (κ2) is 8.87. The molecule has 0 saturated heterocycles. The number of carbonyl (C=O) groups is 1. The van der Waals surface area contributed by atoms with Gasteiger partial charge in [-0.25, -0.2) is 4.98 Å². The average molecular weight is 496 g/mol. The second-order valence-electron chi connectivity index (χ2n) is 6.75. The fourth-order valence-electron chi connectivity index (χ4n) is 3.19. The number of nitrogens with zero attached hydrogens (tertiary/aromatic N) is 1. The highest BCUT2D eigenvalue weighted by Crippen LogP contribution is 2.31. The highest BCUT2D eigenvalue weighted by Gasteiger charge is 2.16. The SMILES string of the molecule is COc1c(C)cccc1C(=O)NC(=S)Nc1ccc2oc(-c3ccccc3Br)nc2c1. The van der Waals surface area contributed by atoms with Gasteiger partial charge in [0.2, 0.25) is 5.89 Å². The Morgan fingerprint density at radius 3 is 2.71 bits per heavy atom. The zero-order valence-electron chi connectivity index (χ0n) is 16.7. The predicted molar refractivity (Wildman–Crippen MR) is 129 cm³/mol. The Labute approximate surface area is 192 Å². The van der Waals surface area contributed by atoms with Gasteiger partial charge >= 0.3 is 0 Å². The summed E-state index contributed by atoms with van der Waals surface area (Å²) in [5.41, 5.74) is 4.15. The van der Waals surface area contributed by atoms with E-state index in [1.54, 1.807) is 18.2 Å². The Morgan fingerprint density at radius 2 is 1.94 bits per heavy atom. The lowest BCUT2D eigenvalue weighted by Gasteiger charge is -2.13. The summed E-state index contributed by atoms with van der Waals surface area (Å²) in [4.78, 5) is 17.2. The molecule has 1 heterocycles. The summed E-state index contributed by atoms with van der Waals surface area (Å²) in [7, 11) is 1.53. The van der Waals surface area contributed by atoms with Crippen LogP contribution in [0.5, 0.6) is 5.75 Å². The third-order valence-electron chi connectivity index (χ3n) is 4.64. The fourth-order valence-corrected chi connectivity index (χ4v) is 3.85. The number of ether oxygens (including phenoxy) is 1. The number of halogens is 1. The van der Waals surface area contributed by atoms with Crippen LogP contribution in [0.3, 0.4) is 0 Å². The first-order valence-electron chi connectivity index (χ1n) is 9.37. The zero-order chi connectivity index (χ0) is 22.0. The van der Waals surface area contributed by atoms with E-state index in [-0.39, 0.29) is 11.0 Å². The van der Waals surface area contributed by atoms with Crippen molar-refractivity contribution in [1.82, 2.24) is 10.3 Å². The number of oxazole rings is 1. The molecule has 8 heteroatoms. The maximum Gasteiger partial charge on any atom is 0.261 e. The number of hydrogen-bond donors (Lipinski definition) is 2. The molecule has 156 valence electrons. The molecule has 2 N–H and O–H groups in total. The molecule has 0 saturated carbocycles. The van der Waals surface area contributed by atoms with Crippen LogP contribution >= 0.6 is 28.1 Å². The van der Waals surface area contributed by atoms with Gasteiger partial charge in [-0.15, -0.1) is 0 Å². The highest BCUT2D eigenvalue weighted by atomic mass is 79.9. The van der Waals surface area contributed by atoms with Crippen LogP contribution in [0, 0.1) is 6.92 Å². The monoisotopic (exact) mass is 495 g/mol. The largest absolute Gasteiger partial charge is 0.496 e. The third kappa shape index (κ3) is 4.45. The molecule has 1 amide bonds. The first kappa shape index (κ1) is 21.0. The van der Waals surface area contributed by atoms with Crippen molar-refractivity contribution in [3.05, 3.63) is 76.3 Å². The van der Waals surface area contributed by atoms with E-state index < -0.39 is 0 Å². The van der Waals surface area contributed by atoms with Gasteiger partial charge in [-0.1, -0.05) is 24.3 Å². The molecule has 4 rings (SSSR count). The summed E-state index contributed by atoms with van der Waals surface area (Å²) in [6, 6.07) is 18.5. The minimum Gasteiger partial charge on any atom is -0.496 e. The maximum absolute atomic E-state index is 12.6. The van der Waals surface area contributed by atoms with Crippen LogP contribution in [0.25, 0.3) is 22.6 Å². The van der Waals surface area contributed by atoms with E-state index in [2.05, 4.69) is 31.5 Å². The normalized spacial score (nSPS) is 10.7. The van der Waals surface area contributed by atoms with E-state index in [1.807, 2.05) is 49.4 Å². The summed E-state index contributed by atoms with van der Waals surface area (Å²) in [6.07, 6.45) is 0. The summed E-state index contributed by atoms with van der Waals surface area (Å²) < 4.78 is 12.1. The van der Waals surface area contributed by atoms with Crippen molar-refractivity contribution in [2.75, 3.05) is 12.4 Å². The van der Waals surface area contributed by atoms with E-state index in [9.17, 15) is 4.79 Å². The van der Waals surface area contributed by atoms with Crippen molar-refractivity contribution >= 4 is 56.0 Å². The van der Waals surface area contributed by atoms with Crippen LogP contribution in [-0.2, 0) is 0 Å². The van der Waals surface area contributed by atoms with E-state index in [0.717, 1.165) is 15.6 Å². The Bertz CT molecular complexity index is 1300. The fraction of sp³-hybridized carbons (Fsp3) is 0.0870. The van der Waals surface area contributed by atoms with Crippen molar-refractivity contribution in [2.24, 2.45) is 0 Å². The Morgan fingerprint density at radius 1 is 1.13 bits per heavy atom. The van der Waals surface area contributed by atoms with E-state index in [4.69, 9.17) is 21.4 Å². The van der Waals surface area contributed by atoms with Gasteiger partial charge in [0.1, 0.15) is 11.3 Å². The molecule has 4 aromatic rings. The molecule has 0 atom stereocenters. The van der Waals surface area contributed by atoms with Crippen molar-refractivity contribution < 1.29 is 13.9 Å². The second-order valence-corrected chi connectivity index (χ2v) is 8.01. The number of para-hydroxylation sites is 1. The molecule has 0 aliphatic heterocycles. The molecular formula is C23H18BrN3O3S. The Hall–Kier alpha value is -3.23. The van der Waals surface area contributed by atoms with Crippen LogP contribution in [0.1, 0.15) is 15.9 Å². The van der Waals surface area contributed by atoms with Gasteiger partial charge in [0.25, 0.3) is 5.91 Å².